The van der Waals surface area contributed by atoms with Crippen LogP contribution in [0.2, 0.25) is 0 Å². The Labute approximate surface area is 276 Å². The zero-order valence-electron chi connectivity index (χ0n) is 25.7. The Kier molecular flexibility index (Phi) is 6.47. The molecule has 0 atom stereocenters. The van der Waals surface area contributed by atoms with Gasteiger partial charge in [0.15, 0.2) is 11.6 Å². The maximum Gasteiger partial charge on any atom is 0.238 e. The van der Waals surface area contributed by atoms with Crippen molar-refractivity contribution in [1.82, 2.24) is 19.5 Å². The van der Waals surface area contributed by atoms with Crippen molar-refractivity contribution in [2.24, 2.45) is 5.10 Å². The zero-order valence-corrected chi connectivity index (χ0v) is 25.7. The van der Waals surface area contributed by atoms with Gasteiger partial charge in [-0.05, 0) is 52.7 Å². The van der Waals surface area contributed by atoms with Crippen LogP contribution in [0.1, 0.15) is 11.1 Å². The Bertz CT molecular complexity index is 2550. The third-order valence-electron chi connectivity index (χ3n) is 8.75. The number of hydrogen-bond acceptors (Lipinski definition) is 6. The van der Waals surface area contributed by atoms with Crippen LogP contribution in [0.15, 0.2) is 151 Å². The molecule has 9 rings (SSSR count). The van der Waals surface area contributed by atoms with Gasteiger partial charge in [-0.3, -0.25) is 15.4 Å². The van der Waals surface area contributed by atoms with Gasteiger partial charge in [-0.1, -0.05) is 115 Å². The summed E-state index contributed by atoms with van der Waals surface area (Å²) in [6.07, 6.45) is 3.90. The summed E-state index contributed by atoms with van der Waals surface area (Å²) in [6.45, 7) is 0. The second-order valence-corrected chi connectivity index (χ2v) is 11.7. The fourth-order valence-corrected chi connectivity index (χ4v) is 6.45. The Morgan fingerprint density at radius 2 is 1.19 bits per heavy atom. The summed E-state index contributed by atoms with van der Waals surface area (Å²) in [4.78, 5) is 15.2. The second-order valence-electron chi connectivity index (χ2n) is 11.7. The summed E-state index contributed by atoms with van der Waals surface area (Å²) in [5, 5.41) is 18.0. The van der Waals surface area contributed by atoms with Gasteiger partial charge < -0.3 is 0 Å². The van der Waals surface area contributed by atoms with E-state index in [1.165, 1.54) is 0 Å². The molecule has 2 heterocycles. The quantitative estimate of drug-likeness (QED) is 0.188. The van der Waals surface area contributed by atoms with Crippen molar-refractivity contribution in [2.75, 3.05) is 5.43 Å². The van der Waals surface area contributed by atoms with Gasteiger partial charge in [-0.15, -0.1) is 0 Å². The molecular weight excluding hydrogens is 591 g/mol. The minimum Gasteiger partial charge on any atom is -0.298 e. The number of anilines is 1. The highest BCUT2D eigenvalue weighted by atomic mass is 15.3. The Morgan fingerprint density at radius 3 is 1.92 bits per heavy atom. The molecule has 1 aliphatic rings. The Morgan fingerprint density at radius 1 is 0.562 bits per heavy atom. The van der Waals surface area contributed by atoms with Crippen molar-refractivity contribution < 1.29 is 0 Å². The molecule has 0 fully saturated rings. The highest BCUT2D eigenvalue weighted by molar-refractivity contribution is 6.55. The van der Waals surface area contributed by atoms with Gasteiger partial charge in [0.25, 0.3) is 0 Å². The van der Waals surface area contributed by atoms with Crippen molar-refractivity contribution in [1.29, 1.82) is 5.41 Å². The van der Waals surface area contributed by atoms with Gasteiger partial charge in [-0.25, -0.2) is 4.98 Å². The van der Waals surface area contributed by atoms with Crippen molar-refractivity contribution in [3.8, 4) is 28.7 Å². The fraction of sp³-hybridized carbons (Fsp3) is 0. The van der Waals surface area contributed by atoms with Crippen LogP contribution >= 0.6 is 0 Å². The van der Waals surface area contributed by atoms with Gasteiger partial charge in [0.05, 0.1) is 22.4 Å². The molecule has 226 valence electrons. The van der Waals surface area contributed by atoms with E-state index in [9.17, 15) is 5.41 Å². The molecule has 0 saturated heterocycles. The van der Waals surface area contributed by atoms with E-state index in [0.717, 1.165) is 60.5 Å². The van der Waals surface area contributed by atoms with Gasteiger partial charge in [0.1, 0.15) is 5.71 Å². The molecule has 1 aliphatic carbocycles. The van der Waals surface area contributed by atoms with Crippen LogP contribution in [0.3, 0.4) is 0 Å². The monoisotopic (exact) mass is 617 g/mol. The predicted molar refractivity (Wildman–Crippen MR) is 196 cm³/mol. The molecule has 0 radical (unpaired) electrons. The number of rotatable bonds is 5. The van der Waals surface area contributed by atoms with E-state index in [-0.39, 0.29) is 0 Å². The first-order valence-corrected chi connectivity index (χ1v) is 15.7. The third-order valence-corrected chi connectivity index (χ3v) is 8.75. The van der Waals surface area contributed by atoms with Crippen LogP contribution in [0.5, 0.6) is 0 Å². The first-order chi connectivity index (χ1) is 23.7. The van der Waals surface area contributed by atoms with Crippen LogP contribution in [0, 0.1) is 5.41 Å². The average molecular weight is 618 g/mol. The molecule has 48 heavy (non-hydrogen) atoms. The van der Waals surface area contributed by atoms with Gasteiger partial charge in [0.2, 0.25) is 5.95 Å². The number of aromatic nitrogens is 4. The summed E-state index contributed by atoms with van der Waals surface area (Å²) in [6, 6.07) is 46.8. The molecule has 7 heteroatoms. The number of para-hydroxylation sites is 3. The van der Waals surface area contributed by atoms with E-state index in [2.05, 4.69) is 75.8 Å². The lowest BCUT2D eigenvalue weighted by Crippen LogP contribution is -2.18. The minimum absolute atomic E-state index is 0.352. The van der Waals surface area contributed by atoms with Crippen molar-refractivity contribution >= 4 is 55.8 Å². The van der Waals surface area contributed by atoms with Gasteiger partial charge in [0, 0.05) is 27.5 Å². The van der Waals surface area contributed by atoms with Crippen molar-refractivity contribution in [3.05, 3.63) is 157 Å². The maximum absolute atomic E-state index is 9.21. The van der Waals surface area contributed by atoms with Crippen LogP contribution in [-0.4, -0.2) is 30.9 Å². The summed E-state index contributed by atoms with van der Waals surface area (Å²) >= 11 is 0. The minimum atomic E-state index is 0.352. The number of hydrazone groups is 1. The van der Waals surface area contributed by atoms with Crippen molar-refractivity contribution in [3.63, 3.8) is 0 Å². The Balaban J connectivity index is 1.22. The number of nitrogens with one attached hydrogen (secondary N) is 2. The molecule has 2 aromatic heterocycles. The normalized spacial score (nSPS) is 13.4. The average Bonchev–Trinajstić information content (AvgIpc) is 3.49. The SMILES string of the molecule is N=C1/C(=N\Nc2ccccc2)C=Cc2ccc3ccc(-c4nc(-c5ccccc5)nc(-n5c6ccccc6c6ccccc65)n4)cc3c21. The maximum atomic E-state index is 9.21. The Hall–Kier alpha value is -6.73. The van der Waals surface area contributed by atoms with Crippen LogP contribution in [-0.2, 0) is 0 Å². The van der Waals surface area contributed by atoms with E-state index >= 15 is 0 Å². The molecule has 7 nitrogen and oxygen atoms in total. The van der Waals surface area contributed by atoms with E-state index < -0.39 is 0 Å². The summed E-state index contributed by atoms with van der Waals surface area (Å²) < 4.78 is 2.12. The number of nitrogens with zero attached hydrogens (tertiary/aromatic N) is 5. The molecule has 0 bridgehead atoms. The topological polar surface area (TPSA) is 91.8 Å². The molecule has 0 unspecified atom stereocenters. The molecule has 0 aliphatic heterocycles. The predicted octanol–water partition coefficient (Wildman–Crippen LogP) is 9.32. The second kappa shape index (κ2) is 11.3. The van der Waals surface area contributed by atoms with E-state index in [1.54, 1.807) is 0 Å². The largest absolute Gasteiger partial charge is 0.298 e. The lowest BCUT2D eigenvalue weighted by molar-refractivity contribution is 0.953. The smallest absolute Gasteiger partial charge is 0.238 e. The first-order valence-electron chi connectivity index (χ1n) is 15.7. The zero-order chi connectivity index (χ0) is 32.0. The van der Waals surface area contributed by atoms with E-state index in [1.807, 2.05) is 91.0 Å². The van der Waals surface area contributed by atoms with Crippen LogP contribution < -0.4 is 5.43 Å². The summed E-state index contributed by atoms with van der Waals surface area (Å²) in [7, 11) is 0. The number of benzene rings is 6. The molecular formula is C41H27N7. The fourth-order valence-electron chi connectivity index (χ4n) is 6.45. The number of allylic oxidation sites excluding steroid dienone is 1. The summed E-state index contributed by atoms with van der Waals surface area (Å²) in [5.74, 6) is 1.69. The van der Waals surface area contributed by atoms with Crippen LogP contribution in [0.4, 0.5) is 5.69 Å². The highest BCUT2D eigenvalue weighted by Gasteiger charge is 2.21. The summed E-state index contributed by atoms with van der Waals surface area (Å²) in [5.41, 5.74) is 10.4. The van der Waals surface area contributed by atoms with Crippen LogP contribution in [0.25, 0.3) is 67.4 Å². The number of hydrogen-bond donors (Lipinski definition) is 2. The van der Waals surface area contributed by atoms with Crippen molar-refractivity contribution in [2.45, 2.75) is 0 Å². The van der Waals surface area contributed by atoms with E-state index in [0.29, 0.717) is 29.0 Å². The lowest BCUT2D eigenvalue weighted by atomic mass is 9.88. The molecule has 0 amide bonds. The molecule has 0 saturated carbocycles. The first kappa shape index (κ1) is 27.6. The van der Waals surface area contributed by atoms with Gasteiger partial charge in [-0.2, -0.15) is 15.1 Å². The highest BCUT2D eigenvalue weighted by Crippen LogP contribution is 2.34. The standard InChI is InChI=1S/C41H27N7/c42-38-34(47-46-30-13-5-2-6-14-30)24-23-27-21-19-26-20-22-29(25-33(26)37(27)38)40-43-39(28-11-3-1-4-12-28)44-41(45-40)48-35-17-9-7-15-31(35)32-16-8-10-18-36(32)48/h1-25,42,46H/b42-38?,47-34-. The number of fused-ring (bicyclic) bond motifs is 6. The molecule has 0 spiro atoms. The molecule has 6 aromatic carbocycles. The van der Waals surface area contributed by atoms with Gasteiger partial charge >= 0.3 is 0 Å². The van der Waals surface area contributed by atoms with E-state index in [4.69, 9.17) is 15.0 Å². The molecule has 2 N–H and O–H groups in total. The lowest BCUT2D eigenvalue weighted by Gasteiger charge is -2.17. The molecule has 8 aromatic rings. The third kappa shape index (κ3) is 4.65.